The number of benzene rings is 2. The van der Waals surface area contributed by atoms with E-state index >= 15 is 0 Å². The van der Waals surface area contributed by atoms with Crippen molar-refractivity contribution in [3.05, 3.63) is 90.1 Å². The summed E-state index contributed by atoms with van der Waals surface area (Å²) in [5, 5.41) is 19.2. The molecule has 19 heteroatoms. The average Bonchev–Trinajstić information content (AvgIpc) is 3.88. The Morgan fingerprint density at radius 3 is 2.17 bits per heavy atom. The Morgan fingerprint density at radius 2 is 1.44 bits per heavy atom. The minimum Gasteiger partial charge on any atom is -0.368 e. The molecule has 0 saturated carbocycles. The van der Waals surface area contributed by atoms with Crippen molar-refractivity contribution in [1.29, 1.82) is 0 Å². The van der Waals surface area contributed by atoms with Crippen LogP contribution in [-0.2, 0) is 57.6 Å². The van der Waals surface area contributed by atoms with Gasteiger partial charge in [0.05, 0.1) is 12.9 Å². The summed E-state index contributed by atoms with van der Waals surface area (Å²) in [6, 6.07) is 10.0. The molecule has 11 N–H and O–H groups in total. The molecule has 59 heavy (non-hydrogen) atoms. The smallest absolute Gasteiger partial charge is 0.243 e. The molecule has 5 atom stereocenters. The van der Waals surface area contributed by atoms with E-state index in [9.17, 15) is 38.4 Å². The van der Waals surface area contributed by atoms with Crippen LogP contribution in [-0.4, -0.2) is 106 Å². The van der Waals surface area contributed by atoms with Crippen LogP contribution >= 0.6 is 0 Å². The summed E-state index contributed by atoms with van der Waals surface area (Å²) in [6.07, 6.45) is 4.42. The first-order valence-electron chi connectivity index (χ1n) is 19.2. The number of nitrogens with one attached hydrogen (secondary N) is 9. The van der Waals surface area contributed by atoms with Gasteiger partial charge < -0.3 is 52.9 Å². The van der Waals surface area contributed by atoms with E-state index in [0.717, 1.165) is 10.9 Å². The molecular weight excluding hydrogens is 763 g/mol. The van der Waals surface area contributed by atoms with Crippen molar-refractivity contribution in [3.63, 3.8) is 0 Å². The summed E-state index contributed by atoms with van der Waals surface area (Å²) in [5.41, 5.74) is 8.30. The average molecular weight is 812 g/mol. The third kappa shape index (κ3) is 13.0. The van der Waals surface area contributed by atoms with Gasteiger partial charge in [-0.3, -0.25) is 38.4 Å². The topological polar surface area (TPSA) is 291 Å². The highest BCUT2D eigenvalue weighted by molar-refractivity contribution is 5.96. The summed E-state index contributed by atoms with van der Waals surface area (Å²) < 4.78 is 0. The quantitative estimate of drug-likeness (QED) is 0.101. The van der Waals surface area contributed by atoms with Crippen LogP contribution in [0.15, 0.2) is 73.3 Å². The fourth-order valence-corrected chi connectivity index (χ4v) is 6.66. The molecule has 312 valence electrons. The lowest BCUT2D eigenvalue weighted by Crippen LogP contribution is -2.58. The summed E-state index contributed by atoms with van der Waals surface area (Å²) in [4.78, 5) is 116. The van der Waals surface area contributed by atoms with Gasteiger partial charge in [0.2, 0.25) is 47.3 Å². The van der Waals surface area contributed by atoms with Gasteiger partial charge in [-0.05, 0) is 36.5 Å². The molecule has 4 aromatic rings. The number of aromatic nitrogens is 3. The van der Waals surface area contributed by atoms with Crippen molar-refractivity contribution >= 4 is 58.2 Å². The summed E-state index contributed by atoms with van der Waals surface area (Å²) in [6.45, 7) is 0.697. The number of hydrogen-bond donors (Lipinski definition) is 10. The van der Waals surface area contributed by atoms with Crippen LogP contribution in [0.3, 0.4) is 0 Å². The van der Waals surface area contributed by atoms with Gasteiger partial charge in [0, 0.05) is 68.1 Å². The predicted octanol–water partition coefficient (Wildman–Crippen LogP) is -1.35. The molecule has 0 spiro atoms. The Bertz CT molecular complexity index is 2120. The van der Waals surface area contributed by atoms with E-state index in [0.29, 0.717) is 16.8 Å². The lowest BCUT2D eigenvalue weighted by atomic mass is 10.0. The van der Waals surface area contributed by atoms with E-state index in [1.807, 2.05) is 24.3 Å². The molecule has 1 aliphatic heterocycles. The third-order valence-corrected chi connectivity index (χ3v) is 9.71. The fraction of sp³-hybridized carbons (Fsp3) is 0.375. The predicted molar refractivity (Wildman–Crippen MR) is 213 cm³/mol. The molecule has 0 aliphatic carbocycles. The Hall–Kier alpha value is -7.05. The number of carbonyl (C=O) groups is 8. The first kappa shape index (κ1) is 43.1. The molecule has 0 radical (unpaired) electrons. The lowest BCUT2D eigenvalue weighted by Gasteiger charge is -2.25. The summed E-state index contributed by atoms with van der Waals surface area (Å²) in [7, 11) is 0. The summed E-state index contributed by atoms with van der Waals surface area (Å²) >= 11 is 0. The van der Waals surface area contributed by atoms with E-state index in [-0.39, 0.29) is 51.5 Å². The van der Waals surface area contributed by atoms with Crippen LogP contribution in [0.1, 0.15) is 49.4 Å². The normalized spacial score (nSPS) is 22.2. The van der Waals surface area contributed by atoms with Gasteiger partial charge in [-0.15, -0.1) is 0 Å². The van der Waals surface area contributed by atoms with Gasteiger partial charge >= 0.3 is 0 Å². The number of amides is 8. The minimum absolute atomic E-state index is 0.00547. The van der Waals surface area contributed by atoms with Crippen LogP contribution in [0.25, 0.3) is 10.9 Å². The highest BCUT2D eigenvalue weighted by atomic mass is 16.2. The van der Waals surface area contributed by atoms with Gasteiger partial charge in [0.25, 0.3) is 0 Å². The second-order valence-corrected chi connectivity index (χ2v) is 14.2. The Labute approximate surface area is 339 Å². The highest BCUT2D eigenvalue weighted by Crippen LogP contribution is 2.19. The molecule has 5 rings (SSSR count). The Morgan fingerprint density at radius 1 is 0.746 bits per heavy atom. The molecule has 0 bridgehead atoms. The number of nitrogens with zero attached hydrogens (tertiary/aromatic N) is 1. The number of fused-ring (bicyclic) bond motifs is 1. The van der Waals surface area contributed by atoms with Gasteiger partial charge in [-0.1, -0.05) is 48.5 Å². The minimum atomic E-state index is -1.29. The molecule has 2 aromatic heterocycles. The zero-order valence-electron chi connectivity index (χ0n) is 32.5. The number of imidazole rings is 1. The highest BCUT2D eigenvalue weighted by Gasteiger charge is 2.32. The fourth-order valence-electron chi connectivity index (χ4n) is 6.66. The zero-order valence-corrected chi connectivity index (χ0v) is 32.5. The molecule has 8 amide bonds. The van der Waals surface area contributed by atoms with Crippen molar-refractivity contribution in [2.45, 2.75) is 82.1 Å². The van der Waals surface area contributed by atoms with Crippen LogP contribution in [0.5, 0.6) is 0 Å². The molecule has 19 nitrogen and oxygen atoms in total. The van der Waals surface area contributed by atoms with Gasteiger partial charge in [0.1, 0.15) is 30.2 Å². The number of primary amides is 1. The summed E-state index contributed by atoms with van der Waals surface area (Å²) in [5.74, 6) is -5.55. The second kappa shape index (κ2) is 20.9. The third-order valence-electron chi connectivity index (χ3n) is 9.71. The van der Waals surface area contributed by atoms with E-state index in [1.165, 1.54) is 19.4 Å². The maximum absolute atomic E-state index is 14.0. The molecule has 3 unspecified atom stereocenters. The van der Waals surface area contributed by atoms with Crippen molar-refractivity contribution in [2.75, 3.05) is 13.1 Å². The van der Waals surface area contributed by atoms with E-state index in [1.54, 1.807) is 36.5 Å². The number of para-hydroxylation sites is 1. The molecule has 1 fully saturated rings. The van der Waals surface area contributed by atoms with Crippen LogP contribution in [0.4, 0.5) is 0 Å². The van der Waals surface area contributed by atoms with Gasteiger partial charge in [0.15, 0.2) is 0 Å². The molecular formula is C40H49N11O8. The van der Waals surface area contributed by atoms with Crippen molar-refractivity contribution in [3.8, 4) is 0 Å². The number of carbonyl (C=O) groups excluding carboxylic acids is 8. The van der Waals surface area contributed by atoms with E-state index < -0.39 is 84.0 Å². The first-order valence-corrected chi connectivity index (χ1v) is 19.2. The zero-order chi connectivity index (χ0) is 42.3. The largest absolute Gasteiger partial charge is 0.368 e. The SMILES string of the molecule is CC(=O)NC1CCC(=O)NCCCC(C(N)=O)NC(=O)[C@H](Cc2c[nH]c3ccccc23)NC(=O)CNC(=O)C(Cc2ccccc2)NC(=O)[C@H](Cc2cnc[nH]2)NC1=O. The lowest BCUT2D eigenvalue weighted by molar-refractivity contribution is -0.134. The van der Waals surface area contributed by atoms with Crippen LogP contribution in [0, 0.1) is 0 Å². The Balaban J connectivity index is 1.43. The maximum atomic E-state index is 14.0. The van der Waals surface area contributed by atoms with Crippen molar-refractivity contribution < 1.29 is 38.4 Å². The van der Waals surface area contributed by atoms with E-state index in [4.69, 9.17) is 5.73 Å². The van der Waals surface area contributed by atoms with Gasteiger partial charge in [-0.2, -0.15) is 0 Å². The van der Waals surface area contributed by atoms with E-state index in [2.05, 4.69) is 52.2 Å². The number of hydrogen-bond acceptors (Lipinski definition) is 9. The molecule has 2 aromatic carbocycles. The molecule has 3 heterocycles. The van der Waals surface area contributed by atoms with Crippen LogP contribution in [0.2, 0.25) is 0 Å². The number of aromatic amines is 2. The van der Waals surface area contributed by atoms with Crippen LogP contribution < -0.4 is 43.0 Å². The van der Waals surface area contributed by atoms with Gasteiger partial charge in [-0.25, -0.2) is 4.98 Å². The maximum Gasteiger partial charge on any atom is 0.243 e. The molecule has 1 saturated heterocycles. The number of rotatable bonds is 8. The second-order valence-electron chi connectivity index (χ2n) is 14.2. The Kier molecular flexibility index (Phi) is 15.3. The van der Waals surface area contributed by atoms with Crippen molar-refractivity contribution in [2.24, 2.45) is 5.73 Å². The standard InChI is InChI=1S/C40H49N11O8/c1-23(52)47-30-13-14-34(53)43-15-7-12-29(36(41)55)49-39(58)32(17-25-19-44-28-11-6-5-10-27(25)28)48-35(54)21-45-37(56)31(16-24-8-3-2-4-9-24)50-40(59)33(51-38(30)57)18-26-20-42-22-46-26/h2-6,8-11,19-20,22,29-33,44H,7,12-18,21H2,1H3,(H2,41,55)(H,42,46)(H,43,53)(H,45,56)(H,47,52)(H,48,54)(H,49,58)(H,50,59)(H,51,57)/t29?,30?,31?,32-,33-/m0/s1. The number of H-pyrrole nitrogens is 2. The monoisotopic (exact) mass is 811 g/mol. The number of nitrogens with two attached hydrogens (primary N) is 1. The molecule has 1 aliphatic rings. The van der Waals surface area contributed by atoms with Crippen molar-refractivity contribution in [1.82, 2.24) is 52.2 Å². The first-order chi connectivity index (χ1) is 28.4.